The van der Waals surface area contributed by atoms with Crippen LogP contribution in [0.15, 0.2) is 35.5 Å². The number of aromatic nitrogens is 2. The Morgan fingerprint density at radius 1 is 1.28 bits per heavy atom. The smallest absolute Gasteiger partial charge is 0.146 e. The lowest BCUT2D eigenvalue weighted by Gasteiger charge is -2.25. The molecule has 1 saturated heterocycles. The molecule has 1 aliphatic heterocycles. The minimum Gasteiger partial charge on any atom is -0.379 e. The van der Waals surface area contributed by atoms with Crippen molar-refractivity contribution in [2.24, 2.45) is 0 Å². The molecule has 25 heavy (non-hydrogen) atoms. The molecule has 4 rings (SSSR count). The first-order valence-corrected chi connectivity index (χ1v) is 10.1. The van der Waals surface area contributed by atoms with E-state index in [1.54, 1.807) is 22.7 Å². The van der Waals surface area contributed by atoms with Crippen LogP contribution in [0, 0.1) is 0 Å². The second-order valence-electron chi connectivity index (χ2n) is 5.85. The fourth-order valence-corrected chi connectivity index (χ4v) is 4.71. The summed E-state index contributed by atoms with van der Waals surface area (Å²) in [5.74, 6) is 1.76. The lowest BCUT2D eigenvalue weighted by Crippen LogP contribution is -2.36. The van der Waals surface area contributed by atoms with Crippen molar-refractivity contribution in [1.82, 2.24) is 14.9 Å². The Morgan fingerprint density at radius 3 is 2.92 bits per heavy atom. The predicted molar refractivity (Wildman–Crippen MR) is 106 cm³/mol. The topological polar surface area (TPSA) is 50.3 Å². The number of anilines is 1. The van der Waals surface area contributed by atoms with Crippen molar-refractivity contribution >= 4 is 38.7 Å². The number of ether oxygens (including phenoxy) is 1. The van der Waals surface area contributed by atoms with E-state index in [-0.39, 0.29) is 0 Å². The van der Waals surface area contributed by atoms with Gasteiger partial charge in [0.25, 0.3) is 0 Å². The Bertz CT molecular complexity index is 853. The highest BCUT2D eigenvalue weighted by Gasteiger charge is 2.18. The number of hydrogen-bond donors (Lipinski definition) is 1. The van der Waals surface area contributed by atoms with Gasteiger partial charge in [-0.3, -0.25) is 4.90 Å². The van der Waals surface area contributed by atoms with E-state index in [0.717, 1.165) is 54.7 Å². The minimum absolute atomic E-state index is 0.683. The molecule has 0 aliphatic carbocycles. The molecule has 0 radical (unpaired) electrons. The van der Waals surface area contributed by atoms with Crippen molar-refractivity contribution in [2.45, 2.75) is 6.54 Å². The molecule has 3 aromatic rings. The molecule has 3 aromatic heterocycles. The van der Waals surface area contributed by atoms with Gasteiger partial charge in [-0.25, -0.2) is 9.97 Å². The van der Waals surface area contributed by atoms with Gasteiger partial charge in [0.15, 0.2) is 0 Å². The summed E-state index contributed by atoms with van der Waals surface area (Å²) in [6, 6.07) is 4.22. The molecule has 1 aliphatic rings. The van der Waals surface area contributed by atoms with Crippen LogP contribution in [0.5, 0.6) is 0 Å². The minimum atomic E-state index is 0.683. The average Bonchev–Trinajstić information content (AvgIpc) is 3.29. The lowest BCUT2D eigenvalue weighted by atomic mass is 10.2. The number of nitrogens with zero attached hydrogens (tertiary/aromatic N) is 3. The third-order valence-electron chi connectivity index (χ3n) is 4.15. The highest BCUT2D eigenvalue weighted by molar-refractivity contribution is 7.18. The van der Waals surface area contributed by atoms with Crippen molar-refractivity contribution in [1.29, 1.82) is 0 Å². The first-order valence-electron chi connectivity index (χ1n) is 8.32. The Balaban J connectivity index is 1.72. The molecule has 1 N–H and O–H groups in total. The molecule has 4 heterocycles. The van der Waals surface area contributed by atoms with Gasteiger partial charge in [0, 0.05) is 35.5 Å². The maximum atomic E-state index is 5.43. The van der Waals surface area contributed by atoms with E-state index in [2.05, 4.69) is 39.7 Å². The Morgan fingerprint density at radius 2 is 2.16 bits per heavy atom. The monoisotopic (exact) mass is 372 g/mol. The van der Waals surface area contributed by atoms with E-state index < -0.39 is 0 Å². The van der Waals surface area contributed by atoms with E-state index >= 15 is 0 Å². The highest BCUT2D eigenvalue weighted by atomic mass is 32.1. The molecular formula is C18H20N4OS2. The highest BCUT2D eigenvalue weighted by Crippen LogP contribution is 2.38. The molecule has 0 amide bonds. The first kappa shape index (κ1) is 16.7. The molecule has 5 nitrogen and oxygen atoms in total. The summed E-state index contributed by atoms with van der Waals surface area (Å²) in [5.41, 5.74) is 1.21. The Hall–Kier alpha value is -1.80. The zero-order valence-corrected chi connectivity index (χ0v) is 15.5. The fourth-order valence-electron chi connectivity index (χ4n) is 2.93. The second-order valence-corrected chi connectivity index (χ2v) is 7.66. The predicted octanol–water partition coefficient (Wildman–Crippen LogP) is 3.85. The molecule has 1 fully saturated rings. The van der Waals surface area contributed by atoms with Gasteiger partial charge >= 0.3 is 0 Å². The maximum absolute atomic E-state index is 5.43. The van der Waals surface area contributed by atoms with Gasteiger partial charge in [-0.2, -0.15) is 0 Å². The van der Waals surface area contributed by atoms with Gasteiger partial charge in [-0.15, -0.1) is 29.3 Å². The van der Waals surface area contributed by atoms with Gasteiger partial charge in [-0.05, 0) is 11.4 Å². The SMILES string of the molecule is C=CCNc1nc(CN2CCOCC2)nc2scc(-c3cccs3)c12. The third kappa shape index (κ3) is 3.59. The number of nitrogens with one attached hydrogen (secondary N) is 1. The van der Waals surface area contributed by atoms with E-state index in [9.17, 15) is 0 Å². The van der Waals surface area contributed by atoms with Crippen LogP contribution < -0.4 is 5.32 Å². The number of hydrogen-bond acceptors (Lipinski definition) is 7. The third-order valence-corrected chi connectivity index (χ3v) is 5.92. The summed E-state index contributed by atoms with van der Waals surface area (Å²) in [5, 5.41) is 8.80. The van der Waals surface area contributed by atoms with Gasteiger partial charge < -0.3 is 10.1 Å². The molecule has 0 atom stereocenters. The molecule has 7 heteroatoms. The van der Waals surface area contributed by atoms with Gasteiger partial charge in [0.2, 0.25) is 0 Å². The summed E-state index contributed by atoms with van der Waals surface area (Å²) in [7, 11) is 0. The van der Waals surface area contributed by atoms with Crippen molar-refractivity contribution in [3.8, 4) is 10.4 Å². The molecule has 0 unspecified atom stereocenters. The van der Waals surface area contributed by atoms with Crippen LogP contribution in [-0.4, -0.2) is 47.7 Å². The summed E-state index contributed by atoms with van der Waals surface area (Å²) < 4.78 is 5.43. The van der Waals surface area contributed by atoms with Gasteiger partial charge in [0.05, 0.1) is 25.1 Å². The fraction of sp³-hybridized carbons (Fsp3) is 0.333. The van der Waals surface area contributed by atoms with Crippen LogP contribution in [0.1, 0.15) is 5.82 Å². The summed E-state index contributed by atoms with van der Waals surface area (Å²) in [6.45, 7) is 8.68. The van der Waals surface area contributed by atoms with Crippen LogP contribution in [0.2, 0.25) is 0 Å². The number of fused-ring (bicyclic) bond motifs is 1. The van der Waals surface area contributed by atoms with Crippen LogP contribution in [0.4, 0.5) is 5.82 Å². The maximum Gasteiger partial charge on any atom is 0.146 e. The van der Waals surface area contributed by atoms with Crippen molar-refractivity contribution in [3.05, 3.63) is 41.4 Å². The Labute approximate surface area is 155 Å². The number of rotatable bonds is 6. The summed E-state index contributed by atoms with van der Waals surface area (Å²) in [4.78, 5) is 14.3. The number of thiophene rings is 2. The second kappa shape index (κ2) is 7.61. The summed E-state index contributed by atoms with van der Waals surface area (Å²) >= 11 is 3.42. The molecule has 0 saturated carbocycles. The van der Waals surface area contributed by atoms with E-state index in [0.29, 0.717) is 6.54 Å². The standard InChI is InChI=1S/C18H20N4OS2/c1-2-5-19-17-16-13(14-4-3-10-24-14)12-25-18(16)21-15(20-17)11-22-6-8-23-9-7-22/h2-4,10,12H,1,5-9,11H2,(H,19,20,21). The van der Waals surface area contributed by atoms with E-state index in [4.69, 9.17) is 14.7 Å². The van der Waals surface area contributed by atoms with Crippen molar-refractivity contribution in [3.63, 3.8) is 0 Å². The molecule has 0 spiro atoms. The normalized spacial score (nSPS) is 15.5. The quantitative estimate of drug-likeness (QED) is 0.666. The van der Waals surface area contributed by atoms with Gasteiger partial charge in [-0.1, -0.05) is 12.1 Å². The van der Waals surface area contributed by atoms with Crippen LogP contribution >= 0.6 is 22.7 Å². The van der Waals surface area contributed by atoms with Crippen LogP contribution in [0.25, 0.3) is 20.7 Å². The van der Waals surface area contributed by atoms with E-state index in [1.807, 2.05) is 6.08 Å². The molecule has 0 aromatic carbocycles. The lowest BCUT2D eigenvalue weighted by molar-refractivity contribution is 0.0331. The first-order chi connectivity index (χ1) is 12.3. The zero-order chi connectivity index (χ0) is 17.1. The largest absolute Gasteiger partial charge is 0.379 e. The molecule has 130 valence electrons. The molecular weight excluding hydrogens is 352 g/mol. The van der Waals surface area contributed by atoms with Crippen molar-refractivity contribution < 1.29 is 4.74 Å². The number of morpholine rings is 1. The molecule has 0 bridgehead atoms. The average molecular weight is 373 g/mol. The van der Waals surface area contributed by atoms with Crippen LogP contribution in [0.3, 0.4) is 0 Å². The van der Waals surface area contributed by atoms with Gasteiger partial charge in [0.1, 0.15) is 16.5 Å². The van der Waals surface area contributed by atoms with E-state index in [1.165, 1.54) is 10.4 Å². The Kier molecular flexibility index (Phi) is 5.07. The van der Waals surface area contributed by atoms with Crippen molar-refractivity contribution in [2.75, 3.05) is 38.2 Å². The summed E-state index contributed by atoms with van der Waals surface area (Å²) in [6.07, 6.45) is 1.85. The van der Waals surface area contributed by atoms with Crippen LogP contribution in [-0.2, 0) is 11.3 Å². The zero-order valence-electron chi connectivity index (χ0n) is 13.9.